The molecule has 0 amide bonds. The zero-order valence-electron chi connectivity index (χ0n) is 9.03. The maximum Gasteiger partial charge on any atom is 0.134 e. The fourth-order valence-electron chi connectivity index (χ4n) is 1.41. The summed E-state index contributed by atoms with van der Waals surface area (Å²) in [5.41, 5.74) is 2.23. The quantitative estimate of drug-likeness (QED) is 0.818. The molecule has 1 nitrogen and oxygen atoms in total. The van der Waals surface area contributed by atoms with Crippen molar-refractivity contribution in [3.05, 3.63) is 64.1 Å². The molecule has 0 aliphatic rings. The van der Waals surface area contributed by atoms with Gasteiger partial charge in [-0.2, -0.15) is 0 Å². The molecule has 0 saturated heterocycles. The highest BCUT2D eigenvalue weighted by Gasteiger charge is 2.03. The summed E-state index contributed by atoms with van der Waals surface area (Å²) in [4.78, 5) is 0. The number of halogens is 1. The molecular formula is C14H12BrO. The summed E-state index contributed by atoms with van der Waals surface area (Å²) in [6.45, 7) is 2.59. The molecule has 1 radical (unpaired) electrons. The molecule has 0 spiro atoms. The zero-order valence-corrected chi connectivity index (χ0v) is 10.6. The zero-order chi connectivity index (χ0) is 11.4. The number of benzene rings is 2. The van der Waals surface area contributed by atoms with Crippen LogP contribution in [-0.4, -0.2) is 0 Å². The Hall–Kier alpha value is -1.28. The monoisotopic (exact) mass is 275 g/mol. The van der Waals surface area contributed by atoms with Crippen molar-refractivity contribution in [3.8, 4) is 5.75 Å². The Morgan fingerprint density at radius 1 is 1.19 bits per heavy atom. The Morgan fingerprint density at radius 2 is 1.94 bits per heavy atom. The van der Waals surface area contributed by atoms with Crippen molar-refractivity contribution in [1.82, 2.24) is 0 Å². The van der Waals surface area contributed by atoms with Crippen LogP contribution in [0.2, 0.25) is 0 Å². The van der Waals surface area contributed by atoms with Crippen molar-refractivity contribution in [1.29, 1.82) is 0 Å². The molecule has 0 fully saturated rings. The van der Waals surface area contributed by atoms with Gasteiger partial charge in [0, 0.05) is 0 Å². The molecule has 0 N–H and O–H groups in total. The molecule has 0 aliphatic carbocycles. The van der Waals surface area contributed by atoms with Crippen molar-refractivity contribution in [2.75, 3.05) is 0 Å². The summed E-state index contributed by atoms with van der Waals surface area (Å²) in [5, 5.41) is 0. The predicted molar refractivity (Wildman–Crippen MR) is 68.5 cm³/mol. The number of ether oxygens (including phenoxy) is 1. The van der Waals surface area contributed by atoms with Crippen LogP contribution in [0.3, 0.4) is 0 Å². The Balaban J connectivity index is 2.08. The topological polar surface area (TPSA) is 9.23 Å². The molecule has 0 heterocycles. The van der Waals surface area contributed by atoms with E-state index in [4.69, 9.17) is 4.74 Å². The van der Waals surface area contributed by atoms with Crippen LogP contribution in [0.4, 0.5) is 0 Å². The molecule has 0 atom stereocenters. The second-order valence-electron chi connectivity index (χ2n) is 3.56. The molecule has 2 aromatic rings. The van der Waals surface area contributed by atoms with Crippen molar-refractivity contribution in [2.24, 2.45) is 0 Å². The Morgan fingerprint density at radius 3 is 2.69 bits per heavy atom. The van der Waals surface area contributed by atoms with E-state index >= 15 is 0 Å². The minimum Gasteiger partial charge on any atom is -0.488 e. The van der Waals surface area contributed by atoms with E-state index in [0.29, 0.717) is 6.61 Å². The molecule has 0 saturated carbocycles. The minimum atomic E-state index is 0.586. The van der Waals surface area contributed by atoms with Crippen LogP contribution in [0, 0.1) is 13.0 Å². The first-order valence-electron chi connectivity index (χ1n) is 5.11. The molecule has 2 rings (SSSR count). The third-order valence-corrected chi connectivity index (χ3v) is 3.30. The van der Waals surface area contributed by atoms with Gasteiger partial charge < -0.3 is 4.74 Å². The molecule has 0 bridgehead atoms. The van der Waals surface area contributed by atoms with Gasteiger partial charge in [0.25, 0.3) is 0 Å². The van der Waals surface area contributed by atoms with Gasteiger partial charge >= 0.3 is 0 Å². The fraction of sp³-hybridized carbons (Fsp3) is 0.143. The van der Waals surface area contributed by atoms with Gasteiger partial charge in [-0.3, -0.25) is 0 Å². The van der Waals surface area contributed by atoms with Gasteiger partial charge in [0.1, 0.15) is 12.4 Å². The third-order valence-electron chi connectivity index (χ3n) is 2.32. The molecule has 81 valence electrons. The largest absolute Gasteiger partial charge is 0.488 e. The van der Waals surface area contributed by atoms with Crippen molar-refractivity contribution in [3.63, 3.8) is 0 Å². The van der Waals surface area contributed by atoms with Crippen LogP contribution in [0.5, 0.6) is 5.75 Å². The predicted octanol–water partition coefficient (Wildman–Crippen LogP) is 4.14. The smallest absolute Gasteiger partial charge is 0.134 e. The molecule has 2 heteroatoms. The van der Waals surface area contributed by atoms with E-state index in [1.54, 1.807) is 0 Å². The van der Waals surface area contributed by atoms with E-state index < -0.39 is 0 Å². The first-order chi connectivity index (χ1) is 7.77. The second-order valence-corrected chi connectivity index (χ2v) is 4.35. The van der Waals surface area contributed by atoms with Crippen LogP contribution in [0.25, 0.3) is 0 Å². The first-order valence-corrected chi connectivity index (χ1v) is 5.90. The summed E-state index contributed by atoms with van der Waals surface area (Å²) in [7, 11) is 0. The van der Waals surface area contributed by atoms with Gasteiger partial charge in [-0.15, -0.1) is 0 Å². The fourth-order valence-corrected chi connectivity index (χ4v) is 1.77. The number of hydrogen-bond donors (Lipinski definition) is 0. The maximum absolute atomic E-state index is 5.74. The molecule has 0 unspecified atom stereocenters. The van der Waals surface area contributed by atoms with E-state index in [1.165, 1.54) is 5.56 Å². The lowest BCUT2D eigenvalue weighted by Gasteiger charge is -2.09. The van der Waals surface area contributed by atoms with Gasteiger partial charge in [0.2, 0.25) is 0 Å². The lowest BCUT2D eigenvalue weighted by molar-refractivity contribution is 0.304. The number of hydrogen-bond acceptors (Lipinski definition) is 1. The summed E-state index contributed by atoms with van der Waals surface area (Å²) >= 11 is 3.50. The van der Waals surface area contributed by atoms with E-state index in [9.17, 15) is 0 Å². The SMILES string of the molecule is Cc1[c]ccc(OCc2ccccc2)c1Br. The first kappa shape index (κ1) is 11.2. The standard InChI is InChI=1S/C14H12BrO/c1-11-6-5-9-13(14(11)15)16-10-12-7-3-2-4-8-12/h2-5,7-9H,10H2,1H3. The summed E-state index contributed by atoms with van der Waals surface area (Å²) in [6.07, 6.45) is 0. The van der Waals surface area contributed by atoms with Crippen molar-refractivity contribution < 1.29 is 4.74 Å². The van der Waals surface area contributed by atoms with Gasteiger partial charge in [-0.1, -0.05) is 36.4 Å². The highest BCUT2D eigenvalue weighted by molar-refractivity contribution is 9.10. The average Bonchev–Trinajstić information content (AvgIpc) is 2.32. The molecule has 0 aromatic heterocycles. The Labute approximate surface area is 104 Å². The van der Waals surface area contributed by atoms with Crippen LogP contribution in [-0.2, 0) is 6.61 Å². The van der Waals surface area contributed by atoms with Gasteiger partial charge in [-0.05, 0) is 46.1 Å². The third kappa shape index (κ3) is 2.64. The van der Waals surface area contributed by atoms with Crippen LogP contribution in [0.15, 0.2) is 46.9 Å². The van der Waals surface area contributed by atoms with E-state index in [1.807, 2.05) is 37.3 Å². The Kier molecular flexibility index (Phi) is 3.62. The summed E-state index contributed by atoms with van der Waals surface area (Å²) < 4.78 is 6.71. The lowest BCUT2D eigenvalue weighted by atomic mass is 10.2. The van der Waals surface area contributed by atoms with Crippen molar-refractivity contribution in [2.45, 2.75) is 13.5 Å². The van der Waals surface area contributed by atoms with Gasteiger partial charge in [0.05, 0.1) is 4.47 Å². The second kappa shape index (κ2) is 5.17. The molecule has 2 aromatic carbocycles. The van der Waals surface area contributed by atoms with Gasteiger partial charge in [0.15, 0.2) is 0 Å². The van der Waals surface area contributed by atoms with E-state index in [-0.39, 0.29) is 0 Å². The van der Waals surface area contributed by atoms with Crippen LogP contribution in [0.1, 0.15) is 11.1 Å². The normalized spacial score (nSPS) is 10.1. The number of aryl methyl sites for hydroxylation is 1. The maximum atomic E-state index is 5.74. The summed E-state index contributed by atoms with van der Waals surface area (Å²) in [5.74, 6) is 0.861. The van der Waals surface area contributed by atoms with E-state index in [2.05, 4.69) is 34.1 Å². The number of rotatable bonds is 3. The molecule has 16 heavy (non-hydrogen) atoms. The Bertz CT molecular complexity index is 465. The minimum absolute atomic E-state index is 0.586. The lowest BCUT2D eigenvalue weighted by Crippen LogP contribution is -1.96. The highest BCUT2D eigenvalue weighted by Crippen LogP contribution is 2.28. The highest BCUT2D eigenvalue weighted by atomic mass is 79.9. The van der Waals surface area contributed by atoms with Crippen molar-refractivity contribution >= 4 is 15.9 Å². The van der Waals surface area contributed by atoms with E-state index in [0.717, 1.165) is 15.8 Å². The van der Waals surface area contributed by atoms with Crippen LogP contribution < -0.4 is 4.74 Å². The van der Waals surface area contributed by atoms with Gasteiger partial charge in [-0.25, -0.2) is 0 Å². The molecule has 0 aliphatic heterocycles. The average molecular weight is 276 g/mol. The van der Waals surface area contributed by atoms with Crippen LogP contribution >= 0.6 is 15.9 Å². The molecular weight excluding hydrogens is 264 g/mol. The summed E-state index contributed by atoms with van der Waals surface area (Å²) in [6, 6.07) is 17.0.